The molecular weight excluding hydrogens is 388 g/mol. The second-order valence-electron chi connectivity index (χ2n) is 8.89. The second kappa shape index (κ2) is 8.92. The predicted octanol–water partition coefficient (Wildman–Crippen LogP) is 8.69. The molecule has 162 valence electrons. The van der Waals surface area contributed by atoms with Crippen molar-refractivity contribution in [2.24, 2.45) is 0 Å². The molecule has 0 aliphatic heterocycles. The number of anilines is 4. The highest BCUT2D eigenvalue weighted by molar-refractivity contribution is 5.90. The average Bonchev–Trinajstić information content (AvgIpc) is 2.74. The fourth-order valence-electron chi connectivity index (χ4n) is 4.68. The van der Waals surface area contributed by atoms with E-state index in [1.54, 1.807) is 0 Å². The Labute approximate surface area is 192 Å². The fraction of sp³-hybridized carbons (Fsp3) is 0.200. The Morgan fingerprint density at radius 1 is 0.438 bits per heavy atom. The molecule has 0 bridgehead atoms. The highest BCUT2D eigenvalue weighted by atomic mass is 14.9. The van der Waals surface area contributed by atoms with Gasteiger partial charge in [0.25, 0.3) is 0 Å². The molecular formula is C30H32N2. The van der Waals surface area contributed by atoms with Crippen LogP contribution in [-0.4, -0.2) is 0 Å². The number of rotatable bonds is 5. The number of para-hydroxylation sites is 2. The van der Waals surface area contributed by atoms with E-state index in [1.165, 1.54) is 55.9 Å². The molecule has 2 N–H and O–H groups in total. The van der Waals surface area contributed by atoms with E-state index in [2.05, 4.69) is 125 Å². The molecule has 0 aromatic heterocycles. The molecule has 0 atom stereocenters. The number of hydrogen-bond donors (Lipinski definition) is 2. The molecule has 0 spiro atoms. The van der Waals surface area contributed by atoms with Gasteiger partial charge in [0.2, 0.25) is 0 Å². The van der Waals surface area contributed by atoms with Crippen LogP contribution in [0.4, 0.5) is 22.7 Å². The summed E-state index contributed by atoms with van der Waals surface area (Å²) in [5.74, 6) is 0. The monoisotopic (exact) mass is 420 g/mol. The van der Waals surface area contributed by atoms with Crippen LogP contribution in [0.3, 0.4) is 0 Å². The Bertz CT molecular complexity index is 1140. The van der Waals surface area contributed by atoms with Crippen molar-refractivity contribution in [2.75, 3.05) is 10.6 Å². The molecule has 0 saturated carbocycles. The van der Waals surface area contributed by atoms with Crippen molar-refractivity contribution >= 4 is 22.7 Å². The van der Waals surface area contributed by atoms with Crippen molar-refractivity contribution in [1.29, 1.82) is 0 Å². The van der Waals surface area contributed by atoms with Gasteiger partial charge in [-0.3, -0.25) is 0 Å². The minimum Gasteiger partial charge on any atom is -0.355 e. The van der Waals surface area contributed by atoms with Crippen molar-refractivity contribution < 1.29 is 0 Å². The van der Waals surface area contributed by atoms with Gasteiger partial charge in [-0.2, -0.15) is 0 Å². The van der Waals surface area contributed by atoms with Crippen molar-refractivity contribution in [3.63, 3.8) is 0 Å². The standard InChI is InChI=1S/C30H32N2/c1-19-15-21(3)29(22(4)16-19)31-27-13-9-7-11-25(27)26-12-8-10-14-28(26)32-30-23(5)17-20(2)18-24(30)6/h7-18,31-32H,1-6H3. The summed E-state index contributed by atoms with van der Waals surface area (Å²) in [6.45, 7) is 13.0. The van der Waals surface area contributed by atoms with E-state index in [4.69, 9.17) is 0 Å². The Morgan fingerprint density at radius 2 is 0.750 bits per heavy atom. The first-order valence-corrected chi connectivity index (χ1v) is 11.2. The summed E-state index contributed by atoms with van der Waals surface area (Å²) in [5.41, 5.74) is 14.5. The van der Waals surface area contributed by atoms with E-state index in [0.717, 1.165) is 11.4 Å². The zero-order valence-corrected chi connectivity index (χ0v) is 19.9. The fourth-order valence-corrected chi connectivity index (χ4v) is 4.68. The lowest BCUT2D eigenvalue weighted by atomic mass is 9.99. The minimum atomic E-state index is 1.11. The summed E-state index contributed by atoms with van der Waals surface area (Å²) in [5, 5.41) is 7.46. The molecule has 0 radical (unpaired) electrons. The van der Waals surface area contributed by atoms with Gasteiger partial charge in [0.1, 0.15) is 0 Å². The molecule has 4 aromatic rings. The normalized spacial score (nSPS) is 10.8. The van der Waals surface area contributed by atoms with Crippen molar-refractivity contribution in [3.05, 3.63) is 106 Å². The Kier molecular flexibility index (Phi) is 6.05. The summed E-state index contributed by atoms with van der Waals surface area (Å²) in [7, 11) is 0. The number of hydrogen-bond acceptors (Lipinski definition) is 2. The lowest BCUT2D eigenvalue weighted by Gasteiger charge is -2.20. The van der Waals surface area contributed by atoms with Crippen LogP contribution < -0.4 is 10.6 Å². The first-order chi connectivity index (χ1) is 15.3. The maximum Gasteiger partial charge on any atom is 0.0464 e. The third-order valence-electron chi connectivity index (χ3n) is 6.02. The van der Waals surface area contributed by atoms with Gasteiger partial charge < -0.3 is 10.6 Å². The summed E-state index contributed by atoms with van der Waals surface area (Å²) >= 11 is 0. The highest BCUT2D eigenvalue weighted by Crippen LogP contribution is 2.38. The Hall–Kier alpha value is -3.52. The van der Waals surface area contributed by atoms with Gasteiger partial charge in [-0.25, -0.2) is 0 Å². The number of aryl methyl sites for hydroxylation is 6. The van der Waals surface area contributed by atoms with Crippen molar-refractivity contribution in [1.82, 2.24) is 0 Å². The topological polar surface area (TPSA) is 24.1 Å². The van der Waals surface area contributed by atoms with Gasteiger partial charge in [-0.15, -0.1) is 0 Å². The van der Waals surface area contributed by atoms with Crippen LogP contribution in [0.2, 0.25) is 0 Å². The minimum absolute atomic E-state index is 1.11. The zero-order chi connectivity index (χ0) is 22.8. The Balaban J connectivity index is 1.77. The van der Waals surface area contributed by atoms with E-state index in [-0.39, 0.29) is 0 Å². The van der Waals surface area contributed by atoms with Crippen LogP contribution in [-0.2, 0) is 0 Å². The predicted molar refractivity (Wildman–Crippen MR) is 140 cm³/mol. The second-order valence-corrected chi connectivity index (χ2v) is 8.89. The van der Waals surface area contributed by atoms with Crippen LogP contribution in [0.15, 0.2) is 72.8 Å². The molecule has 0 heterocycles. The molecule has 2 heteroatoms. The molecule has 0 fully saturated rings. The third kappa shape index (κ3) is 4.40. The SMILES string of the molecule is Cc1cc(C)c(Nc2ccccc2-c2ccccc2Nc2c(C)cc(C)cc2C)c(C)c1. The van der Waals surface area contributed by atoms with Gasteiger partial charge >= 0.3 is 0 Å². The number of nitrogens with one attached hydrogen (secondary N) is 2. The molecule has 4 rings (SSSR count). The summed E-state index contributed by atoms with van der Waals surface area (Å²) in [4.78, 5) is 0. The number of benzene rings is 4. The molecule has 0 amide bonds. The largest absolute Gasteiger partial charge is 0.355 e. The van der Waals surface area contributed by atoms with Crippen molar-refractivity contribution in [2.45, 2.75) is 41.5 Å². The van der Waals surface area contributed by atoms with Crippen LogP contribution in [0.1, 0.15) is 33.4 Å². The Morgan fingerprint density at radius 3 is 1.09 bits per heavy atom. The van der Waals surface area contributed by atoms with Crippen LogP contribution in [0, 0.1) is 41.5 Å². The van der Waals surface area contributed by atoms with Gasteiger partial charge in [0.05, 0.1) is 0 Å². The van der Waals surface area contributed by atoms with Crippen molar-refractivity contribution in [3.8, 4) is 11.1 Å². The van der Waals surface area contributed by atoms with E-state index < -0.39 is 0 Å². The quantitative estimate of drug-likeness (QED) is 0.337. The summed E-state index contributed by atoms with van der Waals surface area (Å²) in [6.07, 6.45) is 0. The molecule has 2 nitrogen and oxygen atoms in total. The van der Waals surface area contributed by atoms with E-state index in [0.29, 0.717) is 0 Å². The van der Waals surface area contributed by atoms with E-state index in [9.17, 15) is 0 Å². The molecule has 0 unspecified atom stereocenters. The van der Waals surface area contributed by atoms with Crippen LogP contribution in [0.5, 0.6) is 0 Å². The van der Waals surface area contributed by atoms with E-state index >= 15 is 0 Å². The molecule has 0 aliphatic carbocycles. The average molecular weight is 421 g/mol. The lowest BCUT2D eigenvalue weighted by molar-refractivity contribution is 1.30. The van der Waals surface area contributed by atoms with Gasteiger partial charge in [0.15, 0.2) is 0 Å². The summed E-state index contributed by atoms with van der Waals surface area (Å²) in [6, 6.07) is 26.0. The molecule has 0 aliphatic rings. The third-order valence-corrected chi connectivity index (χ3v) is 6.02. The first-order valence-electron chi connectivity index (χ1n) is 11.2. The maximum atomic E-state index is 3.73. The first kappa shape index (κ1) is 21.7. The lowest BCUT2D eigenvalue weighted by Crippen LogP contribution is -2.01. The molecule has 32 heavy (non-hydrogen) atoms. The zero-order valence-electron chi connectivity index (χ0n) is 19.9. The van der Waals surface area contributed by atoms with Gasteiger partial charge in [-0.1, -0.05) is 71.8 Å². The maximum absolute atomic E-state index is 3.73. The van der Waals surface area contributed by atoms with E-state index in [1.807, 2.05) is 0 Å². The van der Waals surface area contributed by atoms with Crippen LogP contribution in [0.25, 0.3) is 11.1 Å². The smallest absolute Gasteiger partial charge is 0.0464 e. The summed E-state index contributed by atoms with van der Waals surface area (Å²) < 4.78 is 0. The highest BCUT2D eigenvalue weighted by Gasteiger charge is 2.13. The van der Waals surface area contributed by atoms with Gasteiger partial charge in [-0.05, 0) is 75.9 Å². The van der Waals surface area contributed by atoms with Crippen LogP contribution >= 0.6 is 0 Å². The van der Waals surface area contributed by atoms with Gasteiger partial charge in [0, 0.05) is 33.9 Å². The molecule has 0 saturated heterocycles. The molecule has 4 aromatic carbocycles.